The Bertz CT molecular complexity index is 147. The van der Waals surface area contributed by atoms with Crippen LogP contribution in [0.25, 0.3) is 0 Å². The summed E-state index contributed by atoms with van der Waals surface area (Å²) in [6.07, 6.45) is 2.35. The largest absolute Gasteiger partial charge is 0.480 e. The van der Waals surface area contributed by atoms with Crippen LogP contribution in [0.1, 0.15) is 19.8 Å². The molecule has 11 heavy (non-hydrogen) atoms. The van der Waals surface area contributed by atoms with Crippen molar-refractivity contribution in [2.45, 2.75) is 19.8 Å². The van der Waals surface area contributed by atoms with Gasteiger partial charge < -0.3 is 5.11 Å². The molecule has 0 aromatic heterocycles. The molecule has 0 amide bonds. The molecule has 64 valence electrons. The van der Waals surface area contributed by atoms with Crippen molar-refractivity contribution in [3.8, 4) is 0 Å². The Labute approximate surface area is 67.0 Å². The van der Waals surface area contributed by atoms with E-state index in [0.717, 1.165) is 19.0 Å². The second-order valence-corrected chi connectivity index (χ2v) is 3.19. The Kier molecular flexibility index (Phi) is 2.88. The number of aliphatic carboxylic acids is 1. The molecule has 0 aromatic carbocycles. The zero-order valence-corrected chi connectivity index (χ0v) is 6.92. The molecule has 1 unspecified atom stereocenters. The van der Waals surface area contributed by atoms with Crippen LogP contribution in [0.15, 0.2) is 0 Å². The molecule has 0 aromatic rings. The van der Waals surface area contributed by atoms with Gasteiger partial charge in [-0.05, 0) is 18.9 Å². The van der Waals surface area contributed by atoms with E-state index < -0.39 is 5.97 Å². The van der Waals surface area contributed by atoms with Gasteiger partial charge in [-0.25, -0.2) is 0 Å². The normalized spacial score (nSPS) is 25.7. The summed E-state index contributed by atoms with van der Waals surface area (Å²) in [7, 11) is 0. The third kappa shape index (κ3) is 2.50. The first-order valence-electron chi connectivity index (χ1n) is 4.16. The molecule has 1 rings (SSSR count). The van der Waals surface area contributed by atoms with E-state index in [-0.39, 0.29) is 6.54 Å². The lowest BCUT2D eigenvalue weighted by atomic mass is 10.1. The monoisotopic (exact) mass is 157 g/mol. The van der Waals surface area contributed by atoms with Gasteiger partial charge in [0.25, 0.3) is 0 Å². The first-order valence-corrected chi connectivity index (χ1v) is 4.16. The van der Waals surface area contributed by atoms with E-state index in [2.05, 4.69) is 6.92 Å². The van der Waals surface area contributed by atoms with Gasteiger partial charge in [0.05, 0.1) is 6.54 Å². The molecular formula is C8H15NO2. The van der Waals surface area contributed by atoms with E-state index in [9.17, 15) is 4.79 Å². The van der Waals surface area contributed by atoms with E-state index in [1.165, 1.54) is 12.8 Å². The fraction of sp³-hybridized carbons (Fsp3) is 0.875. The molecule has 0 saturated carbocycles. The standard InChI is InChI=1S/C8H15NO2/c1-2-7-3-4-9(5-7)6-8(10)11/h7H,2-6H2,1H3,(H,10,11). The number of carboxylic acids is 1. The van der Waals surface area contributed by atoms with Gasteiger partial charge >= 0.3 is 5.97 Å². The number of rotatable bonds is 3. The zero-order valence-electron chi connectivity index (χ0n) is 6.92. The summed E-state index contributed by atoms with van der Waals surface area (Å²) in [6.45, 7) is 4.32. The van der Waals surface area contributed by atoms with Crippen molar-refractivity contribution < 1.29 is 9.90 Å². The van der Waals surface area contributed by atoms with Crippen LogP contribution >= 0.6 is 0 Å². The quantitative estimate of drug-likeness (QED) is 0.658. The molecule has 0 aliphatic carbocycles. The van der Waals surface area contributed by atoms with Gasteiger partial charge in [0.2, 0.25) is 0 Å². The average Bonchev–Trinajstić information content (AvgIpc) is 2.34. The lowest BCUT2D eigenvalue weighted by Crippen LogP contribution is -2.27. The van der Waals surface area contributed by atoms with Crippen LogP contribution in [0.3, 0.4) is 0 Å². The third-order valence-electron chi connectivity index (χ3n) is 2.31. The van der Waals surface area contributed by atoms with Crippen molar-refractivity contribution in [2.75, 3.05) is 19.6 Å². The summed E-state index contributed by atoms with van der Waals surface area (Å²) in [6, 6.07) is 0. The summed E-state index contributed by atoms with van der Waals surface area (Å²) >= 11 is 0. The molecule has 0 bridgehead atoms. The van der Waals surface area contributed by atoms with E-state index in [1.807, 2.05) is 4.90 Å². The summed E-state index contributed by atoms with van der Waals surface area (Å²) in [5, 5.41) is 8.49. The smallest absolute Gasteiger partial charge is 0.317 e. The van der Waals surface area contributed by atoms with E-state index >= 15 is 0 Å². The van der Waals surface area contributed by atoms with E-state index in [1.54, 1.807) is 0 Å². The van der Waals surface area contributed by atoms with Gasteiger partial charge in [-0.3, -0.25) is 9.69 Å². The summed E-state index contributed by atoms with van der Waals surface area (Å²) in [5.74, 6) is 0.0242. The van der Waals surface area contributed by atoms with Crippen LogP contribution in [0.5, 0.6) is 0 Å². The van der Waals surface area contributed by atoms with Crippen LogP contribution in [0.2, 0.25) is 0 Å². The minimum atomic E-state index is -0.707. The minimum Gasteiger partial charge on any atom is -0.480 e. The molecule has 3 heteroatoms. The van der Waals surface area contributed by atoms with Gasteiger partial charge in [0, 0.05) is 6.54 Å². The Morgan fingerprint density at radius 1 is 1.73 bits per heavy atom. The maximum Gasteiger partial charge on any atom is 0.317 e. The van der Waals surface area contributed by atoms with Gasteiger partial charge in [-0.1, -0.05) is 13.3 Å². The van der Waals surface area contributed by atoms with Crippen molar-refractivity contribution in [1.82, 2.24) is 4.90 Å². The highest BCUT2D eigenvalue weighted by atomic mass is 16.4. The Morgan fingerprint density at radius 3 is 2.91 bits per heavy atom. The maximum absolute atomic E-state index is 10.3. The topological polar surface area (TPSA) is 40.5 Å². The SMILES string of the molecule is CCC1CCN(CC(=O)O)C1. The predicted octanol–water partition coefficient (Wildman–Crippen LogP) is 0.803. The van der Waals surface area contributed by atoms with Crippen LogP contribution in [0.4, 0.5) is 0 Å². The van der Waals surface area contributed by atoms with Crippen LogP contribution in [-0.4, -0.2) is 35.6 Å². The predicted molar refractivity (Wildman–Crippen MR) is 42.5 cm³/mol. The molecule has 0 spiro atoms. The average molecular weight is 157 g/mol. The summed E-state index contributed by atoms with van der Waals surface area (Å²) in [5.41, 5.74) is 0. The van der Waals surface area contributed by atoms with Gasteiger partial charge in [-0.15, -0.1) is 0 Å². The molecule has 3 nitrogen and oxygen atoms in total. The van der Waals surface area contributed by atoms with Crippen molar-refractivity contribution in [3.63, 3.8) is 0 Å². The molecule has 1 saturated heterocycles. The molecule has 1 atom stereocenters. The third-order valence-corrected chi connectivity index (χ3v) is 2.31. The number of hydrogen-bond donors (Lipinski definition) is 1. The number of carbonyl (C=O) groups is 1. The summed E-state index contributed by atoms with van der Waals surface area (Å²) in [4.78, 5) is 12.3. The van der Waals surface area contributed by atoms with Gasteiger partial charge in [0.15, 0.2) is 0 Å². The molecule has 0 radical (unpaired) electrons. The first kappa shape index (κ1) is 8.53. The second kappa shape index (κ2) is 3.72. The minimum absolute atomic E-state index is 0.219. The Morgan fingerprint density at radius 2 is 2.45 bits per heavy atom. The molecule has 1 aliphatic rings. The zero-order chi connectivity index (χ0) is 8.27. The number of carboxylic acid groups (broad SMARTS) is 1. The first-order chi connectivity index (χ1) is 5.22. The number of hydrogen-bond acceptors (Lipinski definition) is 2. The fourth-order valence-corrected chi connectivity index (χ4v) is 1.58. The molecule has 1 heterocycles. The Hall–Kier alpha value is -0.570. The number of nitrogens with zero attached hydrogens (tertiary/aromatic N) is 1. The molecular weight excluding hydrogens is 142 g/mol. The van der Waals surface area contributed by atoms with Gasteiger partial charge in [-0.2, -0.15) is 0 Å². The molecule has 1 fully saturated rings. The van der Waals surface area contributed by atoms with E-state index in [4.69, 9.17) is 5.11 Å². The molecule has 1 aliphatic heterocycles. The van der Waals surface area contributed by atoms with Crippen molar-refractivity contribution in [2.24, 2.45) is 5.92 Å². The van der Waals surface area contributed by atoms with Crippen molar-refractivity contribution in [1.29, 1.82) is 0 Å². The van der Waals surface area contributed by atoms with Crippen molar-refractivity contribution >= 4 is 5.97 Å². The summed E-state index contributed by atoms with van der Waals surface area (Å²) < 4.78 is 0. The van der Waals surface area contributed by atoms with E-state index in [0.29, 0.717) is 0 Å². The molecule has 1 N–H and O–H groups in total. The highest BCUT2D eigenvalue weighted by Crippen LogP contribution is 2.18. The maximum atomic E-state index is 10.3. The lowest BCUT2D eigenvalue weighted by molar-refractivity contribution is -0.138. The Balaban J connectivity index is 2.24. The van der Waals surface area contributed by atoms with Crippen LogP contribution < -0.4 is 0 Å². The highest BCUT2D eigenvalue weighted by molar-refractivity contribution is 5.69. The number of likely N-dealkylation sites (tertiary alicyclic amines) is 1. The van der Waals surface area contributed by atoms with Crippen LogP contribution in [-0.2, 0) is 4.79 Å². The second-order valence-electron chi connectivity index (χ2n) is 3.19. The fourth-order valence-electron chi connectivity index (χ4n) is 1.58. The lowest BCUT2D eigenvalue weighted by Gasteiger charge is -2.11. The highest BCUT2D eigenvalue weighted by Gasteiger charge is 2.21. The van der Waals surface area contributed by atoms with Gasteiger partial charge in [0.1, 0.15) is 0 Å². The van der Waals surface area contributed by atoms with Crippen LogP contribution in [0, 0.1) is 5.92 Å². The van der Waals surface area contributed by atoms with Crippen molar-refractivity contribution in [3.05, 3.63) is 0 Å².